The fourth-order valence-electron chi connectivity index (χ4n) is 2.15. The van der Waals surface area contributed by atoms with Crippen molar-refractivity contribution < 1.29 is 14.3 Å². The molecule has 1 atom stereocenters. The van der Waals surface area contributed by atoms with Gasteiger partial charge in [-0.2, -0.15) is 0 Å². The van der Waals surface area contributed by atoms with Crippen molar-refractivity contribution in [2.75, 3.05) is 26.3 Å². The zero-order valence-corrected chi connectivity index (χ0v) is 11.7. The molecule has 1 aromatic carbocycles. The molecule has 0 aliphatic carbocycles. The van der Waals surface area contributed by atoms with Crippen LogP contribution in [0.15, 0.2) is 30.3 Å². The van der Waals surface area contributed by atoms with Crippen LogP contribution in [0, 0.1) is 0 Å². The maximum Gasteiger partial charge on any atom is 0.251 e. The number of nitrogens with zero attached hydrogens (tertiary/aromatic N) is 1. The van der Waals surface area contributed by atoms with Crippen LogP contribution < -0.4 is 5.32 Å². The number of carbonyl (C=O) groups excluding carboxylic acids is 2. The number of amides is 2. The molecule has 1 aromatic rings. The van der Waals surface area contributed by atoms with E-state index in [1.165, 1.54) is 0 Å². The largest absolute Gasteiger partial charge is 0.378 e. The number of morpholine rings is 1. The van der Waals surface area contributed by atoms with Crippen molar-refractivity contribution in [1.29, 1.82) is 0 Å². The number of carbonyl (C=O) groups is 2. The summed E-state index contributed by atoms with van der Waals surface area (Å²) in [6.07, 6.45) is 0.318. The van der Waals surface area contributed by atoms with Crippen LogP contribution in [0.25, 0.3) is 0 Å². The number of benzene rings is 1. The predicted molar refractivity (Wildman–Crippen MR) is 75.4 cm³/mol. The van der Waals surface area contributed by atoms with Crippen LogP contribution in [-0.2, 0) is 9.53 Å². The molecule has 1 aliphatic heterocycles. The van der Waals surface area contributed by atoms with Crippen LogP contribution in [0.1, 0.15) is 23.7 Å². The van der Waals surface area contributed by atoms with E-state index in [0.717, 1.165) is 0 Å². The Morgan fingerprint density at radius 1 is 1.25 bits per heavy atom. The molecule has 1 saturated heterocycles. The third-order valence-corrected chi connectivity index (χ3v) is 3.26. The van der Waals surface area contributed by atoms with Gasteiger partial charge in [-0.1, -0.05) is 18.2 Å². The molecule has 0 spiro atoms. The van der Waals surface area contributed by atoms with Crippen LogP contribution in [0.5, 0.6) is 0 Å². The van der Waals surface area contributed by atoms with Gasteiger partial charge in [0, 0.05) is 31.1 Å². The molecule has 1 fully saturated rings. The highest BCUT2D eigenvalue weighted by Crippen LogP contribution is 2.04. The average molecular weight is 276 g/mol. The van der Waals surface area contributed by atoms with Gasteiger partial charge in [0.1, 0.15) is 0 Å². The molecule has 0 aromatic heterocycles. The average Bonchev–Trinajstić information content (AvgIpc) is 2.49. The number of hydrogen-bond acceptors (Lipinski definition) is 3. The zero-order chi connectivity index (χ0) is 14.4. The minimum Gasteiger partial charge on any atom is -0.378 e. The number of ether oxygens (including phenoxy) is 1. The molecule has 2 rings (SSSR count). The molecule has 0 saturated carbocycles. The maximum atomic E-state index is 12.0. The second-order valence-corrected chi connectivity index (χ2v) is 4.94. The van der Waals surface area contributed by atoms with E-state index < -0.39 is 0 Å². The van der Waals surface area contributed by atoms with Gasteiger partial charge < -0.3 is 15.0 Å². The Morgan fingerprint density at radius 2 is 1.90 bits per heavy atom. The van der Waals surface area contributed by atoms with Gasteiger partial charge in [0.25, 0.3) is 5.91 Å². The third-order valence-electron chi connectivity index (χ3n) is 3.26. The van der Waals surface area contributed by atoms with Gasteiger partial charge in [0.15, 0.2) is 0 Å². The van der Waals surface area contributed by atoms with Crippen molar-refractivity contribution in [1.82, 2.24) is 10.2 Å². The van der Waals surface area contributed by atoms with E-state index in [1.54, 1.807) is 17.0 Å². The van der Waals surface area contributed by atoms with Gasteiger partial charge >= 0.3 is 0 Å². The van der Waals surface area contributed by atoms with Crippen molar-refractivity contribution in [2.24, 2.45) is 0 Å². The van der Waals surface area contributed by atoms with Crippen LogP contribution >= 0.6 is 0 Å². The zero-order valence-electron chi connectivity index (χ0n) is 11.7. The summed E-state index contributed by atoms with van der Waals surface area (Å²) in [7, 11) is 0. The van der Waals surface area contributed by atoms with Crippen molar-refractivity contribution in [3.8, 4) is 0 Å². The number of nitrogens with one attached hydrogen (secondary N) is 1. The summed E-state index contributed by atoms with van der Waals surface area (Å²) in [6, 6.07) is 8.83. The Balaban J connectivity index is 1.81. The fraction of sp³-hybridized carbons (Fsp3) is 0.467. The van der Waals surface area contributed by atoms with Crippen LogP contribution in [0.2, 0.25) is 0 Å². The molecule has 2 amide bonds. The molecule has 20 heavy (non-hydrogen) atoms. The summed E-state index contributed by atoms with van der Waals surface area (Å²) in [5, 5.41) is 2.85. The SMILES string of the molecule is C[C@@H](CC(=O)N1CCOCC1)NC(=O)c1ccccc1. The highest BCUT2D eigenvalue weighted by Gasteiger charge is 2.20. The quantitative estimate of drug-likeness (QED) is 0.894. The number of rotatable bonds is 4. The lowest BCUT2D eigenvalue weighted by atomic mass is 10.1. The molecule has 5 heteroatoms. The van der Waals surface area contributed by atoms with Crippen LogP contribution in [0.4, 0.5) is 0 Å². The van der Waals surface area contributed by atoms with Gasteiger partial charge in [-0.3, -0.25) is 9.59 Å². The Bertz CT molecular complexity index is 455. The van der Waals surface area contributed by atoms with E-state index in [0.29, 0.717) is 38.3 Å². The molecule has 1 aliphatic rings. The van der Waals surface area contributed by atoms with Crippen LogP contribution in [0.3, 0.4) is 0 Å². The minimum absolute atomic E-state index is 0.0640. The Morgan fingerprint density at radius 3 is 2.55 bits per heavy atom. The summed E-state index contributed by atoms with van der Waals surface area (Å²) in [6.45, 7) is 4.31. The summed E-state index contributed by atoms with van der Waals surface area (Å²) < 4.78 is 5.21. The fourth-order valence-corrected chi connectivity index (χ4v) is 2.15. The Hall–Kier alpha value is -1.88. The number of hydrogen-bond donors (Lipinski definition) is 1. The monoisotopic (exact) mass is 276 g/mol. The lowest BCUT2D eigenvalue weighted by molar-refractivity contribution is -0.135. The van der Waals surface area contributed by atoms with E-state index in [9.17, 15) is 9.59 Å². The first kappa shape index (κ1) is 14.5. The van der Waals surface area contributed by atoms with Gasteiger partial charge in [-0.05, 0) is 19.1 Å². The van der Waals surface area contributed by atoms with Crippen molar-refractivity contribution in [2.45, 2.75) is 19.4 Å². The van der Waals surface area contributed by atoms with E-state index in [4.69, 9.17) is 4.74 Å². The summed E-state index contributed by atoms with van der Waals surface area (Å²) in [4.78, 5) is 25.8. The summed E-state index contributed by atoms with van der Waals surface area (Å²) in [5.74, 6) is -0.0814. The van der Waals surface area contributed by atoms with E-state index in [1.807, 2.05) is 25.1 Å². The summed E-state index contributed by atoms with van der Waals surface area (Å²) >= 11 is 0. The van der Waals surface area contributed by atoms with E-state index in [2.05, 4.69) is 5.32 Å². The summed E-state index contributed by atoms with van der Waals surface area (Å²) in [5.41, 5.74) is 0.609. The second kappa shape index (κ2) is 7.05. The molecule has 1 heterocycles. The minimum atomic E-state index is -0.182. The second-order valence-electron chi connectivity index (χ2n) is 4.94. The molecular weight excluding hydrogens is 256 g/mol. The lowest BCUT2D eigenvalue weighted by Gasteiger charge is -2.28. The van der Waals surface area contributed by atoms with Gasteiger partial charge in [-0.15, -0.1) is 0 Å². The first-order valence-corrected chi connectivity index (χ1v) is 6.88. The highest BCUT2D eigenvalue weighted by molar-refractivity contribution is 5.94. The van der Waals surface area contributed by atoms with E-state index >= 15 is 0 Å². The molecule has 1 N–H and O–H groups in total. The lowest BCUT2D eigenvalue weighted by Crippen LogP contribution is -2.44. The molecule has 0 unspecified atom stereocenters. The Labute approximate surface area is 118 Å². The molecule has 0 bridgehead atoms. The molecule has 108 valence electrons. The predicted octanol–water partition coefficient (Wildman–Crippen LogP) is 1.05. The van der Waals surface area contributed by atoms with Crippen molar-refractivity contribution in [3.63, 3.8) is 0 Å². The van der Waals surface area contributed by atoms with Gasteiger partial charge in [0.05, 0.1) is 13.2 Å². The van der Waals surface area contributed by atoms with Crippen LogP contribution in [-0.4, -0.2) is 49.1 Å². The van der Waals surface area contributed by atoms with Crippen molar-refractivity contribution in [3.05, 3.63) is 35.9 Å². The highest BCUT2D eigenvalue weighted by atomic mass is 16.5. The topological polar surface area (TPSA) is 58.6 Å². The first-order chi connectivity index (χ1) is 9.66. The normalized spacial score (nSPS) is 16.6. The third kappa shape index (κ3) is 4.06. The molecular formula is C15H20N2O3. The van der Waals surface area contributed by atoms with E-state index in [-0.39, 0.29) is 17.9 Å². The smallest absolute Gasteiger partial charge is 0.251 e. The first-order valence-electron chi connectivity index (χ1n) is 6.88. The maximum absolute atomic E-state index is 12.0. The standard InChI is InChI=1S/C15H20N2O3/c1-12(11-14(18)17-7-9-20-10-8-17)16-15(19)13-5-3-2-4-6-13/h2-6,12H,7-11H2,1H3,(H,16,19)/t12-/m0/s1. The molecule has 0 radical (unpaired) electrons. The Kier molecular flexibility index (Phi) is 5.12. The van der Waals surface area contributed by atoms with Gasteiger partial charge in [-0.25, -0.2) is 0 Å². The van der Waals surface area contributed by atoms with Gasteiger partial charge in [0.2, 0.25) is 5.91 Å². The van der Waals surface area contributed by atoms with Crippen molar-refractivity contribution >= 4 is 11.8 Å². The molecule has 5 nitrogen and oxygen atoms in total.